The lowest BCUT2D eigenvalue weighted by Gasteiger charge is -2.10. The number of aromatic amines is 1. The van der Waals surface area contributed by atoms with Crippen LogP contribution in [0.2, 0.25) is 0 Å². The molecule has 9 heteroatoms. The first kappa shape index (κ1) is 22.5. The highest BCUT2D eigenvalue weighted by Crippen LogP contribution is 2.31. The summed E-state index contributed by atoms with van der Waals surface area (Å²) in [6.07, 6.45) is 0.723. The van der Waals surface area contributed by atoms with Gasteiger partial charge in [0.2, 0.25) is 0 Å². The number of halogens is 3. The molecule has 1 aromatic carbocycles. The Morgan fingerprint density at radius 3 is 2.49 bits per heavy atom. The van der Waals surface area contributed by atoms with E-state index in [1.165, 1.54) is 16.7 Å². The maximum Gasteiger partial charge on any atom is 0.433 e. The first-order valence-corrected chi connectivity index (χ1v) is 11.0. The number of alkyl halides is 3. The van der Waals surface area contributed by atoms with Gasteiger partial charge in [0.15, 0.2) is 0 Å². The highest BCUT2D eigenvalue weighted by atomic mass is 19.4. The molecule has 35 heavy (non-hydrogen) atoms. The van der Waals surface area contributed by atoms with Gasteiger partial charge in [-0.15, -0.1) is 0 Å². The number of nitrogens with zero attached hydrogens (tertiary/aromatic N) is 4. The van der Waals surface area contributed by atoms with Crippen LogP contribution in [0, 0.1) is 0 Å². The van der Waals surface area contributed by atoms with Crippen molar-refractivity contribution < 1.29 is 13.2 Å². The fraction of sp³-hybridized carbons (Fsp3) is 0.154. The highest BCUT2D eigenvalue weighted by Gasteiger charge is 2.32. The molecule has 5 rings (SSSR count). The Kier molecular flexibility index (Phi) is 5.68. The topological polar surface area (TPSA) is 76.5 Å². The molecule has 0 aliphatic heterocycles. The average molecular weight is 475 g/mol. The van der Waals surface area contributed by atoms with Gasteiger partial charge < -0.3 is 4.57 Å². The lowest BCUT2D eigenvalue weighted by atomic mass is 10.0. The molecule has 176 valence electrons. The Balaban J connectivity index is 1.47. The minimum atomic E-state index is -4.54. The van der Waals surface area contributed by atoms with Gasteiger partial charge in [0.25, 0.3) is 5.56 Å². The number of nitrogens with one attached hydrogen (secondary N) is 1. The van der Waals surface area contributed by atoms with Crippen molar-refractivity contribution >= 4 is 10.9 Å². The summed E-state index contributed by atoms with van der Waals surface area (Å²) in [5, 5.41) is 8.43. The number of rotatable bonds is 5. The van der Waals surface area contributed by atoms with Crippen LogP contribution < -0.4 is 5.56 Å². The summed E-state index contributed by atoms with van der Waals surface area (Å²) in [4.78, 5) is 20.5. The van der Waals surface area contributed by atoms with Gasteiger partial charge in [0.05, 0.1) is 12.1 Å². The number of benzene rings is 1. The number of H-pyrrole nitrogens is 1. The van der Waals surface area contributed by atoms with Gasteiger partial charge in [0, 0.05) is 41.3 Å². The quantitative estimate of drug-likeness (QED) is 0.365. The third kappa shape index (κ3) is 4.57. The lowest BCUT2D eigenvalue weighted by Crippen LogP contribution is -2.19. The molecule has 0 spiro atoms. The second-order valence-electron chi connectivity index (χ2n) is 8.15. The van der Waals surface area contributed by atoms with Crippen LogP contribution in [0.3, 0.4) is 0 Å². The number of pyridine rings is 3. The van der Waals surface area contributed by atoms with Crippen LogP contribution in [0.15, 0.2) is 78.0 Å². The van der Waals surface area contributed by atoms with Crippen LogP contribution in [0.1, 0.15) is 23.9 Å². The van der Waals surface area contributed by atoms with Gasteiger partial charge in [-0.1, -0.05) is 13.0 Å². The van der Waals surface area contributed by atoms with E-state index in [9.17, 15) is 18.0 Å². The van der Waals surface area contributed by atoms with E-state index >= 15 is 0 Å². The molecule has 6 nitrogen and oxygen atoms in total. The molecule has 0 atom stereocenters. The molecular weight excluding hydrogens is 455 g/mol. The summed E-state index contributed by atoms with van der Waals surface area (Å²) in [5.41, 5.74) is 4.16. The van der Waals surface area contributed by atoms with Crippen LogP contribution in [-0.2, 0) is 19.1 Å². The SMILES string of the molecule is CCc1cc(-c2n[nH]c3ccc(-c4ccn(Cc5ccnc(C(F)(F)F)c5)c(=O)c4)cc23)ccn1. The van der Waals surface area contributed by atoms with E-state index in [-0.39, 0.29) is 12.1 Å². The zero-order valence-corrected chi connectivity index (χ0v) is 18.7. The molecule has 0 aliphatic rings. The van der Waals surface area contributed by atoms with Gasteiger partial charge in [-0.25, -0.2) is 0 Å². The van der Waals surface area contributed by atoms with Crippen LogP contribution in [0.4, 0.5) is 13.2 Å². The Labute approximate surface area is 198 Å². The predicted octanol–water partition coefficient (Wildman–Crippen LogP) is 5.48. The van der Waals surface area contributed by atoms with E-state index in [1.807, 2.05) is 37.3 Å². The largest absolute Gasteiger partial charge is 0.433 e. The number of hydrogen-bond donors (Lipinski definition) is 1. The van der Waals surface area contributed by atoms with Crippen molar-refractivity contribution in [3.05, 3.63) is 100 Å². The third-order valence-corrected chi connectivity index (χ3v) is 5.81. The predicted molar refractivity (Wildman–Crippen MR) is 127 cm³/mol. The summed E-state index contributed by atoms with van der Waals surface area (Å²) >= 11 is 0. The maximum atomic E-state index is 12.9. The summed E-state index contributed by atoms with van der Waals surface area (Å²) in [6.45, 7) is 2.05. The highest BCUT2D eigenvalue weighted by molar-refractivity contribution is 5.95. The molecule has 1 N–H and O–H groups in total. The van der Waals surface area contributed by atoms with Gasteiger partial charge in [-0.3, -0.25) is 19.9 Å². The summed E-state index contributed by atoms with van der Waals surface area (Å²) < 4.78 is 40.2. The van der Waals surface area contributed by atoms with Crippen molar-refractivity contribution in [1.29, 1.82) is 0 Å². The van der Waals surface area contributed by atoms with Crippen LogP contribution in [0.25, 0.3) is 33.3 Å². The molecule has 0 saturated carbocycles. The second-order valence-corrected chi connectivity index (χ2v) is 8.15. The van der Waals surface area contributed by atoms with Crippen LogP contribution >= 0.6 is 0 Å². The molecule has 0 saturated heterocycles. The van der Waals surface area contributed by atoms with Gasteiger partial charge in [-0.05, 0) is 65.6 Å². The zero-order valence-electron chi connectivity index (χ0n) is 18.7. The zero-order chi connectivity index (χ0) is 24.6. The van der Waals surface area contributed by atoms with E-state index in [0.717, 1.165) is 52.1 Å². The fourth-order valence-electron chi connectivity index (χ4n) is 3.97. The Bertz CT molecular complexity index is 1590. The summed E-state index contributed by atoms with van der Waals surface area (Å²) in [7, 11) is 0. The summed E-state index contributed by atoms with van der Waals surface area (Å²) in [5.74, 6) is 0. The van der Waals surface area contributed by atoms with E-state index in [4.69, 9.17) is 0 Å². The normalized spacial score (nSPS) is 11.8. The van der Waals surface area contributed by atoms with Gasteiger partial charge >= 0.3 is 6.18 Å². The number of aromatic nitrogens is 5. The number of fused-ring (bicyclic) bond motifs is 1. The Hall–Kier alpha value is -4.27. The lowest BCUT2D eigenvalue weighted by molar-refractivity contribution is -0.141. The first-order valence-electron chi connectivity index (χ1n) is 11.0. The molecule has 5 aromatic rings. The van der Waals surface area contributed by atoms with E-state index in [1.54, 1.807) is 18.5 Å². The Morgan fingerprint density at radius 1 is 0.914 bits per heavy atom. The van der Waals surface area contributed by atoms with E-state index < -0.39 is 11.9 Å². The summed E-state index contributed by atoms with van der Waals surface area (Å²) in [6, 6.07) is 15.4. The van der Waals surface area contributed by atoms with Crippen molar-refractivity contribution in [1.82, 2.24) is 24.7 Å². The standard InChI is InChI=1S/C26H20F3N5O/c1-2-20-12-19(6-9-30-20)25-21-13-17(3-4-22(21)32-33-25)18-7-10-34(24(35)14-18)15-16-5-8-31-23(11-16)26(27,28)29/h3-14H,2,15H2,1H3,(H,32,33). The second kappa shape index (κ2) is 8.83. The molecule has 4 aromatic heterocycles. The van der Waals surface area contributed by atoms with Crippen molar-refractivity contribution in [3.8, 4) is 22.4 Å². The van der Waals surface area contributed by atoms with Crippen molar-refractivity contribution in [2.75, 3.05) is 0 Å². The monoisotopic (exact) mass is 475 g/mol. The maximum absolute atomic E-state index is 12.9. The molecule has 4 heterocycles. The third-order valence-electron chi connectivity index (χ3n) is 5.81. The molecular formula is C26H20F3N5O. The number of hydrogen-bond acceptors (Lipinski definition) is 4. The Morgan fingerprint density at radius 2 is 1.71 bits per heavy atom. The minimum Gasteiger partial charge on any atom is -0.311 e. The average Bonchev–Trinajstić information content (AvgIpc) is 3.28. The number of aryl methyl sites for hydroxylation is 1. The van der Waals surface area contributed by atoms with E-state index in [2.05, 4.69) is 20.2 Å². The van der Waals surface area contributed by atoms with Gasteiger partial charge in [-0.2, -0.15) is 18.3 Å². The van der Waals surface area contributed by atoms with Gasteiger partial charge in [0.1, 0.15) is 11.4 Å². The fourth-order valence-corrected chi connectivity index (χ4v) is 3.97. The molecule has 0 radical (unpaired) electrons. The van der Waals surface area contributed by atoms with E-state index in [0.29, 0.717) is 11.1 Å². The van der Waals surface area contributed by atoms with Crippen molar-refractivity contribution in [2.24, 2.45) is 0 Å². The molecule has 0 unspecified atom stereocenters. The molecule has 0 amide bonds. The van der Waals surface area contributed by atoms with Crippen LogP contribution in [0.5, 0.6) is 0 Å². The van der Waals surface area contributed by atoms with Crippen molar-refractivity contribution in [3.63, 3.8) is 0 Å². The molecule has 0 bridgehead atoms. The first-order chi connectivity index (χ1) is 16.8. The minimum absolute atomic E-state index is 0.0113. The van der Waals surface area contributed by atoms with Crippen LogP contribution in [-0.4, -0.2) is 24.7 Å². The molecule has 0 fully saturated rings. The smallest absolute Gasteiger partial charge is 0.311 e. The van der Waals surface area contributed by atoms with Crippen molar-refractivity contribution in [2.45, 2.75) is 26.1 Å². The molecule has 0 aliphatic carbocycles.